The van der Waals surface area contributed by atoms with Crippen molar-refractivity contribution in [3.05, 3.63) is 62.2 Å². The first kappa shape index (κ1) is 17.3. The predicted octanol–water partition coefficient (Wildman–Crippen LogP) is 3.69. The fourth-order valence-electron chi connectivity index (χ4n) is 2.64. The Morgan fingerprint density at radius 3 is 2.20 bits per heavy atom. The molecule has 0 fully saturated rings. The van der Waals surface area contributed by atoms with Crippen LogP contribution in [0.5, 0.6) is 11.5 Å². The van der Waals surface area contributed by atoms with Crippen molar-refractivity contribution in [3.63, 3.8) is 0 Å². The molecule has 3 rings (SSSR count). The van der Waals surface area contributed by atoms with E-state index in [1.54, 1.807) is 36.4 Å². The van der Waals surface area contributed by atoms with Gasteiger partial charge in [0.05, 0.1) is 16.3 Å². The Kier molecular flexibility index (Phi) is 4.71. The number of carbonyl (C=O) groups is 3. The number of rotatable bonds is 3. The molecule has 5 nitrogen and oxygen atoms in total. The van der Waals surface area contributed by atoms with Crippen LogP contribution in [0.15, 0.2) is 42.0 Å². The van der Waals surface area contributed by atoms with Gasteiger partial charge in [0.1, 0.15) is 0 Å². The van der Waals surface area contributed by atoms with Crippen molar-refractivity contribution in [1.29, 1.82) is 0 Å². The monoisotopic (exact) mass is 448 g/mol. The van der Waals surface area contributed by atoms with E-state index < -0.39 is 5.97 Å². The number of halogens is 1. The van der Waals surface area contributed by atoms with E-state index in [0.29, 0.717) is 31.8 Å². The number of hydrogen-bond donors (Lipinski definition) is 0. The van der Waals surface area contributed by atoms with Gasteiger partial charge >= 0.3 is 5.97 Å². The van der Waals surface area contributed by atoms with Gasteiger partial charge in [-0.15, -0.1) is 0 Å². The zero-order chi connectivity index (χ0) is 18.1. The summed E-state index contributed by atoms with van der Waals surface area (Å²) in [6, 6.07) is 10.1. The number of esters is 1. The third-order valence-corrected chi connectivity index (χ3v) is 4.52. The van der Waals surface area contributed by atoms with E-state index >= 15 is 0 Å². The first-order valence-electron chi connectivity index (χ1n) is 7.38. The fraction of sp³-hybridized carbons (Fsp3) is 0.105. The van der Waals surface area contributed by atoms with Gasteiger partial charge in [0.2, 0.25) is 0 Å². The van der Waals surface area contributed by atoms with E-state index in [1.165, 1.54) is 20.1 Å². The Morgan fingerprint density at radius 2 is 1.68 bits per heavy atom. The summed E-state index contributed by atoms with van der Waals surface area (Å²) < 4.78 is 11.1. The molecular weight excluding hydrogens is 435 g/mol. The van der Waals surface area contributed by atoms with Gasteiger partial charge in [-0.3, -0.25) is 14.4 Å². The van der Waals surface area contributed by atoms with Gasteiger partial charge in [-0.05, 0) is 46.4 Å². The maximum absolute atomic E-state index is 12.5. The third-order valence-electron chi connectivity index (χ3n) is 3.71. The number of ketones is 2. The summed E-state index contributed by atoms with van der Waals surface area (Å²) in [6.45, 7) is 1.30. The van der Waals surface area contributed by atoms with Crippen LogP contribution in [0, 0.1) is 3.57 Å². The van der Waals surface area contributed by atoms with Crippen LogP contribution in [0.25, 0.3) is 6.08 Å². The largest absolute Gasteiger partial charge is 0.493 e. The lowest BCUT2D eigenvalue weighted by atomic mass is 10.1. The van der Waals surface area contributed by atoms with Crippen molar-refractivity contribution in [2.75, 3.05) is 7.11 Å². The molecule has 0 bridgehead atoms. The van der Waals surface area contributed by atoms with Gasteiger partial charge in [0.25, 0.3) is 0 Å². The molecule has 1 aliphatic carbocycles. The Balaban J connectivity index is 2.05. The predicted molar refractivity (Wildman–Crippen MR) is 100 cm³/mol. The number of ether oxygens (including phenoxy) is 2. The molecule has 0 atom stereocenters. The minimum absolute atomic E-state index is 0.110. The summed E-state index contributed by atoms with van der Waals surface area (Å²) in [5, 5.41) is 0. The van der Waals surface area contributed by atoms with Crippen LogP contribution in [-0.2, 0) is 4.79 Å². The molecule has 0 saturated carbocycles. The van der Waals surface area contributed by atoms with Crippen molar-refractivity contribution in [2.24, 2.45) is 0 Å². The van der Waals surface area contributed by atoms with E-state index in [4.69, 9.17) is 9.47 Å². The average Bonchev–Trinajstić information content (AvgIpc) is 2.82. The van der Waals surface area contributed by atoms with Crippen molar-refractivity contribution in [2.45, 2.75) is 6.92 Å². The standard InChI is InChI=1S/C19H13IO5/c1-10(21)25-19-15(20)8-11(9-16(19)24-2)7-14-17(22)12-5-3-4-6-13(12)18(14)23/h3-9H,1-2H3. The van der Waals surface area contributed by atoms with Gasteiger partial charge in [-0.2, -0.15) is 0 Å². The molecule has 25 heavy (non-hydrogen) atoms. The normalized spacial score (nSPS) is 12.8. The van der Waals surface area contributed by atoms with Gasteiger partial charge < -0.3 is 9.47 Å². The van der Waals surface area contributed by atoms with Gasteiger partial charge in [0.15, 0.2) is 23.1 Å². The molecule has 2 aromatic carbocycles. The molecular formula is C19H13IO5. The second-order valence-electron chi connectivity index (χ2n) is 5.39. The summed E-state index contributed by atoms with van der Waals surface area (Å²) >= 11 is 2.01. The highest BCUT2D eigenvalue weighted by Gasteiger charge is 2.32. The van der Waals surface area contributed by atoms with Crippen LogP contribution in [0.1, 0.15) is 33.2 Å². The Hall–Kier alpha value is -2.48. The van der Waals surface area contributed by atoms with Crippen LogP contribution in [0.4, 0.5) is 0 Å². The average molecular weight is 448 g/mol. The van der Waals surface area contributed by atoms with Gasteiger partial charge in [-0.25, -0.2) is 0 Å². The zero-order valence-electron chi connectivity index (χ0n) is 13.5. The summed E-state index contributed by atoms with van der Waals surface area (Å²) in [6.07, 6.45) is 1.53. The number of carbonyl (C=O) groups excluding carboxylic acids is 3. The minimum atomic E-state index is -0.459. The van der Waals surface area contributed by atoms with Gasteiger partial charge in [-0.1, -0.05) is 24.3 Å². The number of fused-ring (bicyclic) bond motifs is 1. The second-order valence-corrected chi connectivity index (χ2v) is 6.55. The highest BCUT2D eigenvalue weighted by Crippen LogP contribution is 2.36. The lowest BCUT2D eigenvalue weighted by Crippen LogP contribution is -2.05. The molecule has 0 spiro atoms. The van der Waals surface area contributed by atoms with Crippen LogP contribution in [0.3, 0.4) is 0 Å². The fourth-order valence-corrected chi connectivity index (χ4v) is 3.37. The molecule has 0 unspecified atom stereocenters. The highest BCUT2D eigenvalue weighted by molar-refractivity contribution is 14.1. The minimum Gasteiger partial charge on any atom is -0.493 e. The lowest BCUT2D eigenvalue weighted by Gasteiger charge is -2.11. The molecule has 0 aliphatic heterocycles. The summed E-state index contributed by atoms with van der Waals surface area (Å²) in [5.41, 5.74) is 1.55. The van der Waals surface area contributed by atoms with E-state index in [2.05, 4.69) is 0 Å². The molecule has 0 N–H and O–H groups in total. The smallest absolute Gasteiger partial charge is 0.308 e. The van der Waals surface area contributed by atoms with Crippen molar-refractivity contribution < 1.29 is 23.9 Å². The van der Waals surface area contributed by atoms with Crippen LogP contribution >= 0.6 is 22.6 Å². The molecule has 2 aromatic rings. The SMILES string of the molecule is COc1cc(C=C2C(=O)c3ccccc3C2=O)cc(I)c1OC(C)=O. The van der Waals surface area contributed by atoms with E-state index in [0.717, 1.165) is 0 Å². The van der Waals surface area contributed by atoms with E-state index in [-0.39, 0.29) is 17.1 Å². The Morgan fingerprint density at radius 1 is 1.08 bits per heavy atom. The highest BCUT2D eigenvalue weighted by atomic mass is 127. The molecule has 0 radical (unpaired) electrons. The molecule has 126 valence electrons. The quantitative estimate of drug-likeness (QED) is 0.236. The summed E-state index contributed by atoms with van der Waals surface area (Å²) in [5.74, 6) is -0.384. The van der Waals surface area contributed by atoms with E-state index in [1.807, 2.05) is 22.6 Å². The molecule has 0 aromatic heterocycles. The lowest BCUT2D eigenvalue weighted by molar-refractivity contribution is -0.132. The molecule has 6 heteroatoms. The molecule has 1 aliphatic rings. The topological polar surface area (TPSA) is 69.7 Å². The van der Waals surface area contributed by atoms with Gasteiger partial charge in [0, 0.05) is 18.1 Å². The first-order valence-corrected chi connectivity index (χ1v) is 8.46. The summed E-state index contributed by atoms with van der Waals surface area (Å²) in [7, 11) is 1.46. The van der Waals surface area contributed by atoms with Crippen molar-refractivity contribution in [1.82, 2.24) is 0 Å². The van der Waals surface area contributed by atoms with Crippen LogP contribution in [-0.4, -0.2) is 24.6 Å². The first-order chi connectivity index (χ1) is 11.9. The van der Waals surface area contributed by atoms with Crippen molar-refractivity contribution >= 4 is 46.2 Å². The Bertz CT molecular complexity index is 906. The Labute approximate surface area is 157 Å². The second kappa shape index (κ2) is 6.79. The van der Waals surface area contributed by atoms with Crippen LogP contribution in [0.2, 0.25) is 0 Å². The number of allylic oxidation sites excluding steroid dienone is 1. The molecule has 0 saturated heterocycles. The molecule has 0 amide bonds. The van der Waals surface area contributed by atoms with Crippen molar-refractivity contribution in [3.8, 4) is 11.5 Å². The number of methoxy groups -OCH3 is 1. The molecule has 0 heterocycles. The zero-order valence-corrected chi connectivity index (χ0v) is 15.6. The maximum atomic E-state index is 12.5. The third kappa shape index (κ3) is 3.21. The maximum Gasteiger partial charge on any atom is 0.308 e. The number of Topliss-reactive ketones (excluding diaryl/α,β-unsaturated/α-hetero) is 2. The number of benzene rings is 2. The van der Waals surface area contributed by atoms with E-state index in [9.17, 15) is 14.4 Å². The summed E-state index contributed by atoms with van der Waals surface area (Å²) in [4.78, 5) is 36.2. The van der Waals surface area contributed by atoms with Crippen LogP contribution < -0.4 is 9.47 Å². The number of hydrogen-bond acceptors (Lipinski definition) is 5.